The number of hydrogen-bond acceptors (Lipinski definition) is 3. The van der Waals surface area contributed by atoms with Crippen molar-refractivity contribution in [3.05, 3.63) is 0 Å². The summed E-state index contributed by atoms with van der Waals surface area (Å²) in [6.07, 6.45) is 3.31. The predicted octanol–water partition coefficient (Wildman–Crippen LogP) is 0.531. The van der Waals surface area contributed by atoms with Crippen molar-refractivity contribution in [3.63, 3.8) is 0 Å². The van der Waals surface area contributed by atoms with Crippen molar-refractivity contribution >= 4 is 0 Å². The molecule has 2 rings (SSSR count). The lowest BCUT2D eigenvalue weighted by Crippen LogP contribution is -2.53. The molecule has 3 nitrogen and oxygen atoms in total. The van der Waals surface area contributed by atoms with Crippen molar-refractivity contribution in [1.82, 2.24) is 0 Å². The highest BCUT2D eigenvalue weighted by atomic mass is 16.5. The Bertz CT molecular complexity index is 149. The van der Waals surface area contributed by atoms with E-state index < -0.39 is 0 Å². The van der Waals surface area contributed by atoms with Gasteiger partial charge in [-0.25, -0.2) is 0 Å². The van der Waals surface area contributed by atoms with Crippen LogP contribution < -0.4 is 5.73 Å². The first-order chi connectivity index (χ1) is 5.81. The minimum Gasteiger partial charge on any atom is -0.381 e. The second kappa shape index (κ2) is 3.32. The zero-order valence-corrected chi connectivity index (χ0v) is 7.42. The van der Waals surface area contributed by atoms with E-state index in [1.165, 1.54) is 0 Å². The lowest BCUT2D eigenvalue weighted by atomic mass is 9.80. The van der Waals surface area contributed by atoms with Crippen molar-refractivity contribution in [3.8, 4) is 0 Å². The molecule has 2 N–H and O–H groups in total. The topological polar surface area (TPSA) is 44.5 Å². The van der Waals surface area contributed by atoms with E-state index in [-0.39, 0.29) is 5.54 Å². The van der Waals surface area contributed by atoms with Gasteiger partial charge in [-0.05, 0) is 19.3 Å². The van der Waals surface area contributed by atoms with E-state index in [1.54, 1.807) is 0 Å². The number of hydrogen-bond donors (Lipinski definition) is 1. The molecule has 0 bridgehead atoms. The van der Waals surface area contributed by atoms with Gasteiger partial charge in [-0.15, -0.1) is 0 Å². The molecule has 2 fully saturated rings. The summed E-state index contributed by atoms with van der Waals surface area (Å²) in [5.41, 5.74) is 6.17. The highest BCUT2D eigenvalue weighted by molar-refractivity contribution is 4.94. The maximum Gasteiger partial charge on any atom is 0.0649 e. The molecule has 0 aromatic heterocycles. The van der Waals surface area contributed by atoms with Crippen LogP contribution in [0.1, 0.15) is 19.3 Å². The van der Waals surface area contributed by atoms with Gasteiger partial charge in [0.2, 0.25) is 0 Å². The Morgan fingerprint density at radius 1 is 1.25 bits per heavy atom. The summed E-state index contributed by atoms with van der Waals surface area (Å²) in [6, 6.07) is 0. The first-order valence-corrected chi connectivity index (χ1v) is 4.76. The van der Waals surface area contributed by atoms with Gasteiger partial charge >= 0.3 is 0 Å². The summed E-state index contributed by atoms with van der Waals surface area (Å²) in [4.78, 5) is 0. The quantitative estimate of drug-likeness (QED) is 0.626. The van der Waals surface area contributed by atoms with Crippen LogP contribution in [-0.2, 0) is 9.47 Å². The molecule has 2 atom stereocenters. The molecule has 12 heavy (non-hydrogen) atoms. The Morgan fingerprint density at radius 2 is 2.17 bits per heavy atom. The van der Waals surface area contributed by atoms with E-state index in [0.29, 0.717) is 5.92 Å². The molecule has 2 aliphatic rings. The second-order valence-electron chi connectivity index (χ2n) is 3.95. The van der Waals surface area contributed by atoms with Gasteiger partial charge in [0.1, 0.15) is 0 Å². The van der Waals surface area contributed by atoms with Crippen LogP contribution in [-0.4, -0.2) is 32.0 Å². The average Bonchev–Trinajstić information content (AvgIpc) is 2.58. The van der Waals surface area contributed by atoms with Crippen molar-refractivity contribution in [2.45, 2.75) is 24.8 Å². The third kappa shape index (κ3) is 1.49. The van der Waals surface area contributed by atoms with Gasteiger partial charge in [-0.3, -0.25) is 0 Å². The van der Waals surface area contributed by atoms with Crippen LogP contribution >= 0.6 is 0 Å². The number of ether oxygens (including phenoxy) is 2. The number of rotatable bonds is 1. The SMILES string of the molecule is NC1(C2CCOC2)CCCOC1. The molecule has 0 radical (unpaired) electrons. The summed E-state index contributed by atoms with van der Waals surface area (Å²) in [7, 11) is 0. The van der Waals surface area contributed by atoms with Crippen LogP contribution in [0, 0.1) is 5.92 Å². The summed E-state index contributed by atoms with van der Waals surface area (Å²) < 4.78 is 10.8. The minimum atomic E-state index is -0.0885. The van der Waals surface area contributed by atoms with Crippen LogP contribution in [0.15, 0.2) is 0 Å². The number of nitrogens with two attached hydrogens (primary N) is 1. The Kier molecular flexibility index (Phi) is 2.35. The molecule has 0 aromatic carbocycles. The fourth-order valence-electron chi connectivity index (χ4n) is 2.15. The fraction of sp³-hybridized carbons (Fsp3) is 1.00. The average molecular weight is 171 g/mol. The summed E-state index contributed by atoms with van der Waals surface area (Å²) >= 11 is 0. The maximum absolute atomic E-state index is 6.26. The lowest BCUT2D eigenvalue weighted by Gasteiger charge is -2.37. The summed E-state index contributed by atoms with van der Waals surface area (Å²) in [5.74, 6) is 0.526. The summed E-state index contributed by atoms with van der Waals surface area (Å²) in [6.45, 7) is 3.32. The van der Waals surface area contributed by atoms with Gasteiger partial charge in [-0.2, -0.15) is 0 Å². The minimum absolute atomic E-state index is 0.0885. The fourth-order valence-corrected chi connectivity index (χ4v) is 2.15. The van der Waals surface area contributed by atoms with Gasteiger partial charge in [0.15, 0.2) is 0 Å². The monoisotopic (exact) mass is 171 g/mol. The van der Waals surface area contributed by atoms with Gasteiger partial charge in [-0.1, -0.05) is 0 Å². The molecule has 2 aliphatic heterocycles. The molecular formula is C9H17NO2. The van der Waals surface area contributed by atoms with Crippen LogP contribution in [0.4, 0.5) is 0 Å². The molecule has 0 aromatic rings. The Hall–Kier alpha value is -0.120. The normalized spacial score (nSPS) is 43.2. The Morgan fingerprint density at radius 3 is 2.75 bits per heavy atom. The molecule has 2 saturated heterocycles. The van der Waals surface area contributed by atoms with E-state index in [2.05, 4.69) is 0 Å². The third-order valence-electron chi connectivity index (χ3n) is 3.04. The van der Waals surface area contributed by atoms with E-state index in [1.807, 2.05) is 0 Å². The van der Waals surface area contributed by atoms with Gasteiger partial charge in [0.25, 0.3) is 0 Å². The van der Waals surface area contributed by atoms with Crippen molar-refractivity contribution in [2.24, 2.45) is 11.7 Å². The van der Waals surface area contributed by atoms with Gasteiger partial charge in [0, 0.05) is 24.7 Å². The standard InChI is InChI=1S/C9H17NO2/c10-9(3-1-4-12-7-9)8-2-5-11-6-8/h8H,1-7,10H2. The molecule has 0 saturated carbocycles. The molecule has 0 amide bonds. The van der Waals surface area contributed by atoms with E-state index in [0.717, 1.165) is 45.7 Å². The molecule has 0 aliphatic carbocycles. The second-order valence-corrected chi connectivity index (χ2v) is 3.95. The first-order valence-electron chi connectivity index (χ1n) is 4.76. The van der Waals surface area contributed by atoms with Crippen molar-refractivity contribution < 1.29 is 9.47 Å². The van der Waals surface area contributed by atoms with E-state index >= 15 is 0 Å². The van der Waals surface area contributed by atoms with Crippen LogP contribution in [0.3, 0.4) is 0 Å². The molecule has 2 heterocycles. The predicted molar refractivity (Wildman–Crippen MR) is 45.9 cm³/mol. The van der Waals surface area contributed by atoms with Crippen LogP contribution in [0.5, 0.6) is 0 Å². The lowest BCUT2D eigenvalue weighted by molar-refractivity contribution is 0.00840. The third-order valence-corrected chi connectivity index (χ3v) is 3.04. The Labute approximate surface area is 73.2 Å². The largest absolute Gasteiger partial charge is 0.381 e. The van der Waals surface area contributed by atoms with Crippen molar-refractivity contribution in [1.29, 1.82) is 0 Å². The molecule has 3 heteroatoms. The molecular weight excluding hydrogens is 154 g/mol. The van der Waals surface area contributed by atoms with Crippen molar-refractivity contribution in [2.75, 3.05) is 26.4 Å². The first kappa shape index (κ1) is 8.48. The molecule has 0 spiro atoms. The smallest absolute Gasteiger partial charge is 0.0649 e. The van der Waals surface area contributed by atoms with E-state index in [9.17, 15) is 0 Å². The van der Waals surface area contributed by atoms with Gasteiger partial charge < -0.3 is 15.2 Å². The zero-order chi connectivity index (χ0) is 8.44. The van der Waals surface area contributed by atoms with Crippen LogP contribution in [0.2, 0.25) is 0 Å². The zero-order valence-electron chi connectivity index (χ0n) is 7.42. The highest BCUT2D eigenvalue weighted by Gasteiger charge is 2.38. The van der Waals surface area contributed by atoms with Gasteiger partial charge in [0.05, 0.1) is 13.2 Å². The highest BCUT2D eigenvalue weighted by Crippen LogP contribution is 2.30. The van der Waals surface area contributed by atoms with Crippen LogP contribution in [0.25, 0.3) is 0 Å². The Balaban J connectivity index is 1.97. The maximum atomic E-state index is 6.26. The molecule has 2 unspecified atom stereocenters. The summed E-state index contributed by atoms with van der Waals surface area (Å²) in [5, 5.41) is 0. The molecule has 70 valence electrons. The van der Waals surface area contributed by atoms with E-state index in [4.69, 9.17) is 15.2 Å².